The fourth-order valence-electron chi connectivity index (χ4n) is 2.13. The minimum absolute atomic E-state index is 0.571. The zero-order valence-corrected chi connectivity index (χ0v) is 14.3. The van der Waals surface area contributed by atoms with Crippen molar-refractivity contribution < 1.29 is 18.9 Å². The second-order valence-electron chi connectivity index (χ2n) is 4.79. The molecule has 0 saturated carbocycles. The lowest BCUT2D eigenvalue weighted by atomic mass is 10.1. The van der Waals surface area contributed by atoms with Crippen LogP contribution >= 0.6 is 0 Å². The number of allylic oxidation sites excluding steroid dienone is 1. The Morgan fingerprint density at radius 1 is 0.792 bits per heavy atom. The van der Waals surface area contributed by atoms with Gasteiger partial charge in [-0.2, -0.15) is 0 Å². The molecule has 24 heavy (non-hydrogen) atoms. The van der Waals surface area contributed by atoms with Crippen LogP contribution in [0.2, 0.25) is 0 Å². The van der Waals surface area contributed by atoms with E-state index >= 15 is 0 Å². The molecule has 0 bridgehead atoms. The maximum absolute atomic E-state index is 5.33. The van der Waals surface area contributed by atoms with Crippen LogP contribution in [0.4, 0.5) is 0 Å². The summed E-state index contributed by atoms with van der Waals surface area (Å²) in [6.07, 6.45) is 3.67. The second kappa shape index (κ2) is 8.54. The lowest BCUT2D eigenvalue weighted by Crippen LogP contribution is -1.95. The van der Waals surface area contributed by atoms with E-state index in [-0.39, 0.29) is 0 Å². The Balaban J connectivity index is 2.18. The molecule has 4 nitrogen and oxygen atoms in total. The molecule has 0 N–H and O–H groups in total. The van der Waals surface area contributed by atoms with Crippen LogP contribution < -0.4 is 18.9 Å². The van der Waals surface area contributed by atoms with Gasteiger partial charge in [0.1, 0.15) is 5.75 Å². The fourth-order valence-corrected chi connectivity index (χ4v) is 2.13. The topological polar surface area (TPSA) is 36.9 Å². The van der Waals surface area contributed by atoms with E-state index < -0.39 is 0 Å². The van der Waals surface area contributed by atoms with Crippen LogP contribution in [-0.2, 0) is 0 Å². The maximum Gasteiger partial charge on any atom is 0.203 e. The molecule has 2 aromatic rings. The third-order valence-corrected chi connectivity index (χ3v) is 3.35. The highest BCUT2D eigenvalue weighted by Crippen LogP contribution is 2.38. The van der Waals surface area contributed by atoms with E-state index in [4.69, 9.17) is 18.9 Å². The molecule has 0 aliphatic carbocycles. The van der Waals surface area contributed by atoms with Gasteiger partial charge in [0, 0.05) is 5.56 Å². The van der Waals surface area contributed by atoms with Crippen molar-refractivity contribution in [3.8, 4) is 34.8 Å². The molecule has 0 spiro atoms. The van der Waals surface area contributed by atoms with Gasteiger partial charge in [0.15, 0.2) is 11.5 Å². The van der Waals surface area contributed by atoms with Crippen molar-refractivity contribution in [3.63, 3.8) is 0 Å². The van der Waals surface area contributed by atoms with Gasteiger partial charge in [-0.15, -0.1) is 0 Å². The Hall–Kier alpha value is -3.06. The molecule has 0 heterocycles. The Bertz CT molecular complexity index is 739. The van der Waals surface area contributed by atoms with Crippen LogP contribution in [0.3, 0.4) is 0 Å². The van der Waals surface area contributed by atoms with Crippen LogP contribution in [0.5, 0.6) is 23.0 Å². The number of ether oxygens (including phenoxy) is 4. The molecule has 124 valence electrons. The molecular formula is C20H20O4. The second-order valence-corrected chi connectivity index (χ2v) is 4.79. The average Bonchev–Trinajstić information content (AvgIpc) is 2.64. The first kappa shape index (κ1) is 17.3. The minimum Gasteiger partial charge on any atom is -0.497 e. The maximum atomic E-state index is 5.33. The van der Waals surface area contributed by atoms with Gasteiger partial charge in [0.05, 0.1) is 28.4 Å². The van der Waals surface area contributed by atoms with Gasteiger partial charge in [-0.05, 0) is 54.1 Å². The zero-order chi connectivity index (χ0) is 17.4. The van der Waals surface area contributed by atoms with Crippen LogP contribution in [0, 0.1) is 11.8 Å². The first-order valence-electron chi connectivity index (χ1n) is 7.34. The summed E-state index contributed by atoms with van der Waals surface area (Å²) in [6.45, 7) is 0. The number of benzene rings is 2. The summed E-state index contributed by atoms with van der Waals surface area (Å²) in [7, 11) is 6.40. The summed E-state index contributed by atoms with van der Waals surface area (Å²) < 4.78 is 21.1. The van der Waals surface area contributed by atoms with E-state index in [9.17, 15) is 0 Å². The van der Waals surface area contributed by atoms with Crippen molar-refractivity contribution in [3.05, 3.63) is 53.6 Å². The molecule has 2 aromatic carbocycles. The van der Waals surface area contributed by atoms with Gasteiger partial charge in [0.25, 0.3) is 0 Å². The van der Waals surface area contributed by atoms with E-state index in [0.717, 1.165) is 16.9 Å². The van der Waals surface area contributed by atoms with Crippen molar-refractivity contribution in [1.82, 2.24) is 0 Å². The van der Waals surface area contributed by atoms with E-state index in [1.165, 1.54) is 0 Å². The Morgan fingerprint density at radius 3 is 1.92 bits per heavy atom. The first-order chi connectivity index (χ1) is 11.7. The van der Waals surface area contributed by atoms with E-state index in [1.54, 1.807) is 34.5 Å². The molecular weight excluding hydrogens is 304 g/mol. The van der Waals surface area contributed by atoms with Crippen molar-refractivity contribution in [1.29, 1.82) is 0 Å². The lowest BCUT2D eigenvalue weighted by Gasteiger charge is -2.12. The number of methoxy groups -OCH3 is 4. The number of hydrogen-bond donors (Lipinski definition) is 0. The summed E-state index contributed by atoms with van der Waals surface area (Å²) in [4.78, 5) is 0. The van der Waals surface area contributed by atoms with Crippen LogP contribution in [-0.4, -0.2) is 28.4 Å². The molecule has 0 radical (unpaired) electrons. The summed E-state index contributed by atoms with van der Waals surface area (Å²) in [5.41, 5.74) is 1.83. The van der Waals surface area contributed by atoms with E-state index in [2.05, 4.69) is 11.8 Å². The number of hydrogen-bond acceptors (Lipinski definition) is 4. The highest BCUT2D eigenvalue weighted by Gasteiger charge is 2.11. The Morgan fingerprint density at radius 2 is 1.42 bits per heavy atom. The van der Waals surface area contributed by atoms with Crippen molar-refractivity contribution >= 4 is 6.08 Å². The summed E-state index contributed by atoms with van der Waals surface area (Å²) in [5.74, 6) is 8.68. The normalized spacial score (nSPS) is 10.0. The molecule has 0 amide bonds. The smallest absolute Gasteiger partial charge is 0.203 e. The molecule has 0 aliphatic rings. The number of rotatable bonds is 5. The molecule has 2 rings (SSSR count). The van der Waals surface area contributed by atoms with Gasteiger partial charge in [-0.1, -0.05) is 11.8 Å². The SMILES string of the molecule is COc1ccc(C#C/C=C\c2cc(OC)c(OC)c(OC)c2)cc1. The average molecular weight is 324 g/mol. The van der Waals surface area contributed by atoms with Gasteiger partial charge in [-0.3, -0.25) is 0 Å². The van der Waals surface area contributed by atoms with Gasteiger partial charge < -0.3 is 18.9 Å². The molecule has 0 aromatic heterocycles. The van der Waals surface area contributed by atoms with Crippen molar-refractivity contribution in [2.75, 3.05) is 28.4 Å². The van der Waals surface area contributed by atoms with Crippen LogP contribution in [0.1, 0.15) is 11.1 Å². The van der Waals surface area contributed by atoms with Gasteiger partial charge in [0.2, 0.25) is 5.75 Å². The molecule has 0 fully saturated rings. The predicted molar refractivity (Wildman–Crippen MR) is 95.0 cm³/mol. The quantitative estimate of drug-likeness (QED) is 0.784. The molecule has 0 unspecified atom stereocenters. The monoisotopic (exact) mass is 324 g/mol. The third kappa shape index (κ3) is 4.23. The van der Waals surface area contributed by atoms with Crippen LogP contribution in [0.15, 0.2) is 42.5 Å². The minimum atomic E-state index is 0.571. The van der Waals surface area contributed by atoms with Gasteiger partial charge in [-0.25, -0.2) is 0 Å². The van der Waals surface area contributed by atoms with Crippen LogP contribution in [0.25, 0.3) is 6.08 Å². The predicted octanol–water partition coefficient (Wildman–Crippen LogP) is 3.79. The molecule has 0 aliphatic heterocycles. The standard InChI is InChI=1S/C20H20O4/c1-21-17-11-9-15(10-12-17)7-5-6-8-16-13-18(22-2)20(24-4)19(14-16)23-3/h6,8-14H,1-4H3/b8-6-. The Labute approximate surface area is 142 Å². The highest BCUT2D eigenvalue weighted by atomic mass is 16.5. The largest absolute Gasteiger partial charge is 0.497 e. The fraction of sp³-hybridized carbons (Fsp3) is 0.200. The van der Waals surface area contributed by atoms with Crippen molar-refractivity contribution in [2.45, 2.75) is 0 Å². The lowest BCUT2D eigenvalue weighted by molar-refractivity contribution is 0.324. The van der Waals surface area contributed by atoms with Crippen molar-refractivity contribution in [2.24, 2.45) is 0 Å². The summed E-state index contributed by atoms with van der Waals surface area (Å²) >= 11 is 0. The summed E-state index contributed by atoms with van der Waals surface area (Å²) in [5, 5.41) is 0. The molecule has 4 heteroatoms. The highest BCUT2D eigenvalue weighted by molar-refractivity contribution is 5.63. The zero-order valence-electron chi connectivity index (χ0n) is 14.3. The van der Waals surface area contributed by atoms with E-state index in [1.807, 2.05) is 42.5 Å². The molecule has 0 atom stereocenters. The van der Waals surface area contributed by atoms with Gasteiger partial charge >= 0.3 is 0 Å². The van der Waals surface area contributed by atoms with E-state index in [0.29, 0.717) is 17.2 Å². The first-order valence-corrected chi connectivity index (χ1v) is 7.34. The summed E-state index contributed by atoms with van der Waals surface area (Å²) in [6, 6.07) is 11.3. The Kier molecular flexibility index (Phi) is 6.16. The third-order valence-electron chi connectivity index (χ3n) is 3.35. The molecule has 0 saturated heterocycles.